The number of rotatable bonds is 2. The molecule has 0 aliphatic heterocycles. The number of amides is 1. The molecule has 5 heteroatoms. The van der Waals surface area contributed by atoms with E-state index in [2.05, 4.69) is 26.4 Å². The fourth-order valence-electron chi connectivity index (χ4n) is 1.56. The van der Waals surface area contributed by atoms with E-state index in [1.54, 1.807) is 0 Å². The van der Waals surface area contributed by atoms with Crippen LogP contribution >= 0.6 is 15.9 Å². The summed E-state index contributed by atoms with van der Waals surface area (Å²) >= 11 is 3.35. The van der Waals surface area contributed by atoms with E-state index in [0.29, 0.717) is 17.3 Å². The standard InChI is InChI=1S/C11H9BrN2O2/c12-6-1-4-8-9(5-6)14-16-10(8)11(15)13-7-2-3-7/h1,4-5,7H,2-3H2,(H,13,15). The van der Waals surface area contributed by atoms with Crippen LogP contribution in [0, 0.1) is 0 Å². The Morgan fingerprint density at radius 2 is 2.31 bits per heavy atom. The molecule has 0 unspecified atom stereocenters. The summed E-state index contributed by atoms with van der Waals surface area (Å²) in [5, 5.41) is 7.49. The first kappa shape index (κ1) is 9.84. The van der Waals surface area contributed by atoms with Crippen LogP contribution < -0.4 is 5.32 Å². The van der Waals surface area contributed by atoms with Crippen molar-refractivity contribution in [3.8, 4) is 0 Å². The summed E-state index contributed by atoms with van der Waals surface area (Å²) in [6.45, 7) is 0. The lowest BCUT2D eigenvalue weighted by molar-refractivity contribution is 0.0916. The van der Waals surface area contributed by atoms with Gasteiger partial charge in [0.1, 0.15) is 5.52 Å². The molecule has 1 fully saturated rings. The molecule has 0 spiro atoms. The molecule has 1 saturated carbocycles. The number of hydrogen-bond acceptors (Lipinski definition) is 3. The molecule has 0 bridgehead atoms. The maximum Gasteiger partial charge on any atom is 0.290 e. The van der Waals surface area contributed by atoms with Crippen molar-refractivity contribution in [3.05, 3.63) is 28.4 Å². The van der Waals surface area contributed by atoms with Gasteiger partial charge in [-0.3, -0.25) is 4.79 Å². The van der Waals surface area contributed by atoms with E-state index in [4.69, 9.17) is 4.52 Å². The Bertz CT molecular complexity index is 560. The van der Waals surface area contributed by atoms with Crippen molar-refractivity contribution in [1.82, 2.24) is 10.5 Å². The van der Waals surface area contributed by atoms with Gasteiger partial charge in [-0.2, -0.15) is 0 Å². The first-order valence-corrected chi connectivity index (χ1v) is 5.89. The van der Waals surface area contributed by atoms with Crippen molar-refractivity contribution in [1.29, 1.82) is 0 Å². The topological polar surface area (TPSA) is 55.1 Å². The van der Waals surface area contributed by atoms with Gasteiger partial charge in [-0.05, 0) is 31.0 Å². The zero-order valence-electron chi connectivity index (χ0n) is 8.37. The Morgan fingerprint density at radius 3 is 3.06 bits per heavy atom. The van der Waals surface area contributed by atoms with E-state index >= 15 is 0 Å². The summed E-state index contributed by atoms with van der Waals surface area (Å²) in [5.41, 5.74) is 0.690. The molecule has 1 aromatic carbocycles. The van der Waals surface area contributed by atoms with Gasteiger partial charge in [0.05, 0.1) is 5.39 Å². The third-order valence-corrected chi connectivity index (χ3v) is 3.05. The van der Waals surface area contributed by atoms with Gasteiger partial charge < -0.3 is 9.84 Å². The molecule has 1 aliphatic carbocycles. The highest BCUT2D eigenvalue weighted by Gasteiger charge is 2.26. The van der Waals surface area contributed by atoms with Crippen LogP contribution in [0.5, 0.6) is 0 Å². The molecule has 0 atom stereocenters. The highest BCUT2D eigenvalue weighted by Crippen LogP contribution is 2.24. The van der Waals surface area contributed by atoms with Crippen molar-refractivity contribution in [2.45, 2.75) is 18.9 Å². The second kappa shape index (κ2) is 3.59. The van der Waals surface area contributed by atoms with Gasteiger partial charge in [0.2, 0.25) is 5.76 Å². The lowest BCUT2D eigenvalue weighted by Crippen LogP contribution is -2.24. The molecule has 82 valence electrons. The Labute approximate surface area is 100 Å². The van der Waals surface area contributed by atoms with Crippen LogP contribution in [0.25, 0.3) is 10.9 Å². The van der Waals surface area contributed by atoms with Crippen LogP contribution in [0.3, 0.4) is 0 Å². The monoisotopic (exact) mass is 280 g/mol. The van der Waals surface area contributed by atoms with Crippen LogP contribution in [-0.4, -0.2) is 17.1 Å². The predicted molar refractivity (Wildman–Crippen MR) is 62.2 cm³/mol. The van der Waals surface area contributed by atoms with Gasteiger partial charge in [-0.15, -0.1) is 0 Å². The normalized spacial score (nSPS) is 15.3. The Kier molecular flexibility index (Phi) is 2.21. The number of carbonyl (C=O) groups is 1. The van der Waals surface area contributed by atoms with Crippen LogP contribution in [0.2, 0.25) is 0 Å². The second-order valence-electron chi connectivity index (χ2n) is 3.92. The van der Waals surface area contributed by atoms with Gasteiger partial charge in [0.15, 0.2) is 0 Å². The lowest BCUT2D eigenvalue weighted by atomic mass is 10.2. The molecular formula is C11H9BrN2O2. The average Bonchev–Trinajstić information content (AvgIpc) is 2.96. The van der Waals surface area contributed by atoms with Crippen molar-refractivity contribution in [3.63, 3.8) is 0 Å². The first-order valence-electron chi connectivity index (χ1n) is 5.10. The van der Waals surface area contributed by atoms with Gasteiger partial charge in [-0.25, -0.2) is 0 Å². The van der Waals surface area contributed by atoms with E-state index in [-0.39, 0.29) is 5.91 Å². The highest BCUT2D eigenvalue weighted by molar-refractivity contribution is 9.10. The molecule has 16 heavy (non-hydrogen) atoms. The molecule has 1 N–H and O–H groups in total. The number of nitrogens with zero attached hydrogens (tertiary/aromatic N) is 1. The van der Waals surface area contributed by atoms with Gasteiger partial charge in [0.25, 0.3) is 5.91 Å². The fourth-order valence-corrected chi connectivity index (χ4v) is 1.91. The molecule has 3 rings (SSSR count). The summed E-state index contributed by atoms with van der Waals surface area (Å²) in [5.74, 6) is 0.127. The summed E-state index contributed by atoms with van der Waals surface area (Å²) in [6.07, 6.45) is 2.12. The molecule has 4 nitrogen and oxygen atoms in total. The molecule has 1 amide bonds. The number of hydrogen-bond donors (Lipinski definition) is 1. The summed E-state index contributed by atoms with van der Waals surface area (Å²) in [6, 6.07) is 5.85. The number of fused-ring (bicyclic) bond motifs is 1. The number of carbonyl (C=O) groups excluding carboxylic acids is 1. The minimum Gasteiger partial charge on any atom is -0.350 e. The third kappa shape index (κ3) is 1.71. The third-order valence-electron chi connectivity index (χ3n) is 2.56. The number of aromatic nitrogens is 1. The molecule has 0 radical (unpaired) electrons. The fraction of sp³-hybridized carbons (Fsp3) is 0.273. The second-order valence-corrected chi connectivity index (χ2v) is 4.84. The SMILES string of the molecule is O=C(NC1CC1)c1onc2cc(Br)ccc12. The maximum atomic E-state index is 11.8. The smallest absolute Gasteiger partial charge is 0.290 e. The first-order chi connectivity index (χ1) is 7.74. The van der Waals surface area contributed by atoms with Gasteiger partial charge in [0, 0.05) is 10.5 Å². The van der Waals surface area contributed by atoms with Gasteiger partial charge >= 0.3 is 0 Å². The number of benzene rings is 1. The minimum atomic E-state index is -0.174. The largest absolute Gasteiger partial charge is 0.350 e. The summed E-state index contributed by atoms with van der Waals surface area (Å²) in [7, 11) is 0. The van der Waals surface area contributed by atoms with E-state index < -0.39 is 0 Å². The van der Waals surface area contributed by atoms with Crippen LogP contribution in [0.1, 0.15) is 23.4 Å². The Morgan fingerprint density at radius 1 is 1.50 bits per heavy atom. The van der Waals surface area contributed by atoms with Crippen molar-refractivity contribution < 1.29 is 9.32 Å². The number of halogens is 1. The predicted octanol–water partition coefficient (Wildman–Crippen LogP) is 2.48. The number of nitrogens with one attached hydrogen (secondary N) is 1. The van der Waals surface area contributed by atoms with Crippen molar-refractivity contribution >= 4 is 32.7 Å². The minimum absolute atomic E-state index is 0.174. The molecule has 1 aliphatic rings. The zero-order chi connectivity index (χ0) is 11.1. The zero-order valence-corrected chi connectivity index (χ0v) is 9.95. The quantitative estimate of drug-likeness (QED) is 0.920. The summed E-state index contributed by atoms with van der Waals surface area (Å²) in [4.78, 5) is 11.8. The Hall–Kier alpha value is -1.36. The van der Waals surface area contributed by atoms with Crippen molar-refractivity contribution in [2.24, 2.45) is 0 Å². The maximum absolute atomic E-state index is 11.8. The van der Waals surface area contributed by atoms with Gasteiger partial charge in [-0.1, -0.05) is 21.1 Å². The van der Waals surface area contributed by atoms with E-state index in [1.165, 1.54) is 0 Å². The summed E-state index contributed by atoms with van der Waals surface area (Å²) < 4.78 is 6.00. The average molecular weight is 281 g/mol. The van der Waals surface area contributed by atoms with Crippen molar-refractivity contribution in [2.75, 3.05) is 0 Å². The van der Waals surface area contributed by atoms with E-state index in [1.807, 2.05) is 18.2 Å². The molecule has 1 aromatic heterocycles. The lowest BCUT2D eigenvalue weighted by Gasteiger charge is -1.98. The molecule has 0 saturated heterocycles. The molecule has 1 heterocycles. The van der Waals surface area contributed by atoms with Crippen LogP contribution in [-0.2, 0) is 0 Å². The molecule has 2 aromatic rings. The van der Waals surface area contributed by atoms with E-state index in [9.17, 15) is 4.79 Å². The van der Waals surface area contributed by atoms with Crippen LogP contribution in [0.4, 0.5) is 0 Å². The molecular weight excluding hydrogens is 272 g/mol. The van der Waals surface area contributed by atoms with E-state index in [0.717, 1.165) is 22.7 Å². The van der Waals surface area contributed by atoms with Crippen LogP contribution in [0.15, 0.2) is 27.2 Å². The highest BCUT2D eigenvalue weighted by atomic mass is 79.9. The Balaban J connectivity index is 1.99.